The predicted molar refractivity (Wildman–Crippen MR) is 80.3 cm³/mol. The second-order valence-corrected chi connectivity index (χ2v) is 5.71. The van der Waals surface area contributed by atoms with Crippen LogP contribution in [0.5, 0.6) is 5.75 Å². The highest BCUT2D eigenvalue weighted by atomic mass is 35.5. The number of ether oxygens (including phenoxy) is 1. The van der Waals surface area contributed by atoms with Crippen molar-refractivity contribution in [3.63, 3.8) is 0 Å². The van der Waals surface area contributed by atoms with Crippen molar-refractivity contribution in [2.75, 3.05) is 6.61 Å². The van der Waals surface area contributed by atoms with E-state index in [0.29, 0.717) is 18.9 Å². The Bertz CT molecular complexity index is 439. The third kappa shape index (κ3) is 5.23. The summed E-state index contributed by atoms with van der Waals surface area (Å²) in [5, 5.41) is 0.785. The molecule has 0 spiro atoms. The zero-order valence-corrected chi connectivity index (χ0v) is 13.0. The number of carbonyl (C=O) groups is 1. The summed E-state index contributed by atoms with van der Waals surface area (Å²) in [4.78, 5) is 10.8. The molecule has 0 saturated heterocycles. The molecule has 0 aliphatic rings. The molecule has 0 bridgehead atoms. The second kappa shape index (κ2) is 7.54. The molecule has 106 valence electrons. The molecule has 0 aliphatic carbocycles. The van der Waals surface area contributed by atoms with Crippen LogP contribution in [0.2, 0.25) is 5.02 Å². The first-order valence-electron chi connectivity index (χ1n) is 6.84. The van der Waals surface area contributed by atoms with Crippen LogP contribution < -0.4 is 4.74 Å². The maximum atomic E-state index is 10.8. The second-order valence-electron chi connectivity index (χ2n) is 5.30. The van der Waals surface area contributed by atoms with Gasteiger partial charge >= 0.3 is 0 Å². The zero-order valence-electron chi connectivity index (χ0n) is 12.3. The average Bonchev–Trinajstić information content (AvgIpc) is 2.32. The number of halogens is 1. The van der Waals surface area contributed by atoms with Crippen LogP contribution in [-0.2, 0) is 4.79 Å². The molecule has 1 rings (SSSR count). The predicted octanol–water partition coefficient (Wildman–Crippen LogP) is 4.91. The molecule has 0 aliphatic heterocycles. The summed E-state index contributed by atoms with van der Waals surface area (Å²) < 4.78 is 5.85. The number of rotatable bonds is 7. The Balaban J connectivity index is 2.61. The number of carbonyl (C=O) groups excluding carboxylic acids is 1. The van der Waals surface area contributed by atoms with E-state index < -0.39 is 0 Å². The Hall–Kier alpha value is -1.02. The molecule has 0 saturated carbocycles. The molecule has 0 heterocycles. The molecule has 1 aromatic rings. The van der Waals surface area contributed by atoms with Gasteiger partial charge in [-0.05, 0) is 55.9 Å². The minimum Gasteiger partial charge on any atom is -0.493 e. The minimum absolute atomic E-state index is 0.241. The quantitative estimate of drug-likeness (QED) is 0.664. The normalized spacial score (nSPS) is 10.8. The topological polar surface area (TPSA) is 26.3 Å². The first-order chi connectivity index (χ1) is 8.91. The summed E-state index contributed by atoms with van der Waals surface area (Å²) in [5.41, 5.74) is 2.17. The van der Waals surface area contributed by atoms with Gasteiger partial charge in [0, 0.05) is 11.4 Å². The van der Waals surface area contributed by atoms with Crippen LogP contribution in [0.15, 0.2) is 12.1 Å². The van der Waals surface area contributed by atoms with Crippen molar-refractivity contribution in [3.8, 4) is 5.75 Å². The number of Topliss-reactive ketones (excluding diaryl/α,β-unsaturated/α-hetero) is 1. The van der Waals surface area contributed by atoms with Gasteiger partial charge in [-0.2, -0.15) is 0 Å². The third-order valence-electron chi connectivity index (χ3n) is 3.09. The van der Waals surface area contributed by atoms with Gasteiger partial charge in [0.25, 0.3) is 0 Å². The van der Waals surface area contributed by atoms with E-state index in [9.17, 15) is 4.79 Å². The van der Waals surface area contributed by atoms with E-state index in [-0.39, 0.29) is 5.78 Å². The summed E-state index contributed by atoms with van der Waals surface area (Å²) in [6.07, 6.45) is 2.43. The molecular weight excluding hydrogens is 260 g/mol. The summed E-state index contributed by atoms with van der Waals surface area (Å²) >= 11 is 6.16. The molecule has 0 atom stereocenters. The molecule has 0 N–H and O–H groups in total. The Morgan fingerprint density at radius 2 is 2.00 bits per heavy atom. The molecule has 0 radical (unpaired) electrons. The fraction of sp³-hybridized carbons (Fsp3) is 0.562. The number of unbranched alkanes of at least 4 members (excludes halogenated alkanes) is 1. The zero-order chi connectivity index (χ0) is 14.4. The smallest absolute Gasteiger partial charge is 0.129 e. The third-order valence-corrected chi connectivity index (χ3v) is 3.50. The molecule has 19 heavy (non-hydrogen) atoms. The monoisotopic (exact) mass is 282 g/mol. The van der Waals surface area contributed by atoms with Crippen LogP contribution in [0.25, 0.3) is 0 Å². The lowest BCUT2D eigenvalue weighted by Gasteiger charge is -2.16. The van der Waals surface area contributed by atoms with Crippen LogP contribution in [0.3, 0.4) is 0 Å². The Morgan fingerprint density at radius 3 is 2.58 bits per heavy atom. The largest absolute Gasteiger partial charge is 0.493 e. The molecule has 0 fully saturated rings. The van der Waals surface area contributed by atoms with Gasteiger partial charge in [0.05, 0.1) is 6.61 Å². The van der Waals surface area contributed by atoms with Crippen molar-refractivity contribution < 1.29 is 9.53 Å². The van der Waals surface area contributed by atoms with Gasteiger partial charge in [0.2, 0.25) is 0 Å². The number of ketones is 1. The van der Waals surface area contributed by atoms with E-state index in [1.54, 1.807) is 6.92 Å². The van der Waals surface area contributed by atoms with E-state index in [1.165, 1.54) is 0 Å². The number of hydrogen-bond acceptors (Lipinski definition) is 2. The van der Waals surface area contributed by atoms with Crippen LogP contribution in [0.1, 0.15) is 57.1 Å². The highest BCUT2D eigenvalue weighted by Gasteiger charge is 2.11. The van der Waals surface area contributed by atoms with Gasteiger partial charge in [-0.3, -0.25) is 0 Å². The molecule has 1 aromatic carbocycles. The Morgan fingerprint density at radius 1 is 1.32 bits per heavy atom. The van der Waals surface area contributed by atoms with Gasteiger partial charge in [0.15, 0.2) is 0 Å². The number of hydrogen-bond donors (Lipinski definition) is 0. The van der Waals surface area contributed by atoms with Crippen LogP contribution in [0, 0.1) is 6.92 Å². The number of benzene rings is 1. The maximum Gasteiger partial charge on any atom is 0.129 e. The highest BCUT2D eigenvalue weighted by molar-refractivity contribution is 6.31. The van der Waals surface area contributed by atoms with E-state index in [4.69, 9.17) is 16.3 Å². The highest BCUT2D eigenvalue weighted by Crippen LogP contribution is 2.32. The van der Waals surface area contributed by atoms with Crippen molar-refractivity contribution in [2.45, 2.75) is 52.9 Å². The minimum atomic E-state index is 0.241. The van der Waals surface area contributed by atoms with Crippen molar-refractivity contribution >= 4 is 17.4 Å². The fourth-order valence-electron chi connectivity index (χ4n) is 1.90. The Labute approximate surface area is 121 Å². The molecule has 0 amide bonds. The lowest BCUT2D eigenvalue weighted by atomic mass is 10.0. The summed E-state index contributed by atoms with van der Waals surface area (Å²) in [7, 11) is 0. The van der Waals surface area contributed by atoms with Crippen LogP contribution in [-0.4, -0.2) is 12.4 Å². The Kier molecular flexibility index (Phi) is 6.36. The van der Waals surface area contributed by atoms with E-state index in [1.807, 2.05) is 19.1 Å². The summed E-state index contributed by atoms with van der Waals surface area (Å²) in [6, 6.07) is 4.00. The van der Waals surface area contributed by atoms with Gasteiger partial charge in [0.1, 0.15) is 11.5 Å². The molecular formula is C16H23ClO2. The van der Waals surface area contributed by atoms with Gasteiger partial charge in [-0.1, -0.05) is 25.4 Å². The summed E-state index contributed by atoms with van der Waals surface area (Å²) in [6.45, 7) is 8.51. The molecule has 3 heteroatoms. The van der Waals surface area contributed by atoms with Crippen LogP contribution in [0.4, 0.5) is 0 Å². The van der Waals surface area contributed by atoms with Crippen molar-refractivity contribution in [1.82, 2.24) is 0 Å². The maximum absolute atomic E-state index is 10.8. The van der Waals surface area contributed by atoms with E-state index in [2.05, 4.69) is 13.8 Å². The lowest BCUT2D eigenvalue weighted by Crippen LogP contribution is -2.03. The average molecular weight is 283 g/mol. The molecule has 0 unspecified atom stereocenters. The van der Waals surface area contributed by atoms with E-state index >= 15 is 0 Å². The van der Waals surface area contributed by atoms with Gasteiger partial charge < -0.3 is 9.53 Å². The SMILES string of the molecule is CC(=O)CCCCOc1cc(C)c(Cl)cc1C(C)C. The van der Waals surface area contributed by atoms with Crippen molar-refractivity contribution in [1.29, 1.82) is 0 Å². The first kappa shape index (κ1) is 16.0. The molecule has 2 nitrogen and oxygen atoms in total. The van der Waals surface area contributed by atoms with Crippen molar-refractivity contribution in [2.24, 2.45) is 0 Å². The lowest BCUT2D eigenvalue weighted by molar-refractivity contribution is -0.117. The number of aryl methyl sites for hydroxylation is 1. The standard InChI is InChI=1S/C16H23ClO2/c1-11(2)14-10-15(17)12(3)9-16(14)19-8-6-5-7-13(4)18/h9-11H,5-8H2,1-4H3. The van der Waals surface area contributed by atoms with Crippen molar-refractivity contribution in [3.05, 3.63) is 28.3 Å². The first-order valence-corrected chi connectivity index (χ1v) is 7.22. The van der Waals surface area contributed by atoms with Crippen LogP contribution >= 0.6 is 11.6 Å². The summed E-state index contributed by atoms with van der Waals surface area (Å²) in [5.74, 6) is 1.54. The van der Waals surface area contributed by atoms with Gasteiger partial charge in [-0.25, -0.2) is 0 Å². The van der Waals surface area contributed by atoms with E-state index in [0.717, 1.165) is 34.7 Å². The van der Waals surface area contributed by atoms with Gasteiger partial charge in [-0.15, -0.1) is 0 Å². The molecule has 0 aromatic heterocycles. The fourth-order valence-corrected chi connectivity index (χ4v) is 2.08.